The minimum atomic E-state index is -0.743. The van der Waals surface area contributed by atoms with Gasteiger partial charge >= 0.3 is 5.97 Å². The van der Waals surface area contributed by atoms with E-state index in [1.54, 1.807) is 6.07 Å². The summed E-state index contributed by atoms with van der Waals surface area (Å²) in [6, 6.07) is 19.1. The largest absolute Gasteiger partial charge is 0.468 e. The molecule has 242 valence electrons. The smallest absolute Gasteiger partial charge is 0.323 e. The summed E-state index contributed by atoms with van der Waals surface area (Å²) >= 11 is 0. The number of aryl methyl sites for hydroxylation is 1. The number of rotatable bonds is 12. The molecule has 1 fully saturated rings. The normalized spacial score (nSPS) is 17.5. The maximum Gasteiger partial charge on any atom is 0.323 e. The standard InChI is InChI=1S/C34H38F2N6O4/c1-41-32(43)12-11-31(40-41)42-19-27(26-10-9-24(35)17-29(26)36)28(20-42)33(44)39-25(13-14-37)18-38-30(34(45)46-2)16-21-7-8-22-5-3-4-6-23(22)15-21/h3-12,15,17,25,27-28,30,38H,13-14,16,18-20,37H2,1-2H3,(H,39,44)/t25-,27-,28+,30-/m0/s1. The van der Waals surface area contributed by atoms with Crippen molar-refractivity contribution < 1.29 is 23.1 Å². The second-order valence-corrected chi connectivity index (χ2v) is 11.6. The molecular formula is C34H38F2N6O4. The van der Waals surface area contributed by atoms with Crippen molar-refractivity contribution in [3.63, 3.8) is 0 Å². The number of carbonyl (C=O) groups excluding carboxylic acids is 2. The van der Waals surface area contributed by atoms with Gasteiger partial charge in [0.25, 0.3) is 5.56 Å². The molecule has 5 rings (SSSR count). The Morgan fingerprint density at radius 1 is 1.04 bits per heavy atom. The van der Waals surface area contributed by atoms with Crippen LogP contribution in [0.25, 0.3) is 10.8 Å². The van der Waals surface area contributed by atoms with E-state index < -0.39 is 41.5 Å². The van der Waals surface area contributed by atoms with Crippen molar-refractivity contribution in [2.75, 3.05) is 38.2 Å². The lowest BCUT2D eigenvalue weighted by molar-refractivity contribution is -0.143. The molecule has 12 heteroatoms. The monoisotopic (exact) mass is 632 g/mol. The van der Waals surface area contributed by atoms with Crippen molar-refractivity contribution in [2.45, 2.75) is 30.8 Å². The van der Waals surface area contributed by atoms with Crippen molar-refractivity contribution in [1.82, 2.24) is 20.4 Å². The van der Waals surface area contributed by atoms with Crippen LogP contribution in [0.3, 0.4) is 0 Å². The Bertz CT molecular complexity index is 1770. The third kappa shape index (κ3) is 7.57. The Hall–Kier alpha value is -4.68. The van der Waals surface area contributed by atoms with Gasteiger partial charge < -0.3 is 26.0 Å². The second-order valence-electron chi connectivity index (χ2n) is 11.6. The van der Waals surface area contributed by atoms with Crippen LogP contribution >= 0.6 is 0 Å². The number of anilines is 1. The zero-order valence-electron chi connectivity index (χ0n) is 25.8. The average Bonchev–Trinajstić information content (AvgIpc) is 3.49. The Labute approximate surface area is 265 Å². The highest BCUT2D eigenvalue weighted by Gasteiger charge is 2.41. The molecule has 1 amide bonds. The first-order valence-corrected chi connectivity index (χ1v) is 15.2. The average molecular weight is 633 g/mol. The molecular weight excluding hydrogens is 594 g/mol. The minimum Gasteiger partial charge on any atom is -0.468 e. The fourth-order valence-corrected chi connectivity index (χ4v) is 6.03. The van der Waals surface area contributed by atoms with Gasteiger partial charge in [0.2, 0.25) is 5.91 Å². The number of hydrogen-bond donors (Lipinski definition) is 3. The van der Waals surface area contributed by atoms with Gasteiger partial charge in [-0.3, -0.25) is 14.4 Å². The van der Waals surface area contributed by atoms with Crippen molar-refractivity contribution in [3.05, 3.63) is 106 Å². The molecule has 1 aliphatic rings. The van der Waals surface area contributed by atoms with Gasteiger partial charge in [0, 0.05) is 50.8 Å². The van der Waals surface area contributed by atoms with Crippen molar-refractivity contribution in [2.24, 2.45) is 18.7 Å². The first kappa shape index (κ1) is 32.7. The quantitative estimate of drug-likeness (QED) is 0.203. The maximum atomic E-state index is 15.0. The lowest BCUT2D eigenvalue weighted by Gasteiger charge is -2.25. The predicted octanol–water partition coefficient (Wildman–Crippen LogP) is 2.64. The SMILES string of the molecule is COC(=O)[C@H](Cc1ccc2ccccc2c1)NC[C@H](CCN)NC(=O)[C@@H]1CN(c2ccc(=O)n(C)n2)C[C@H]1c1ccc(F)cc1F. The third-order valence-corrected chi connectivity index (χ3v) is 8.50. The summed E-state index contributed by atoms with van der Waals surface area (Å²) < 4.78 is 35.1. The lowest BCUT2D eigenvalue weighted by atomic mass is 9.87. The molecule has 0 radical (unpaired) electrons. The first-order valence-electron chi connectivity index (χ1n) is 15.2. The molecule has 3 aromatic carbocycles. The Morgan fingerprint density at radius 2 is 1.83 bits per heavy atom. The maximum absolute atomic E-state index is 15.0. The van der Waals surface area contributed by atoms with Gasteiger partial charge in [0.05, 0.1) is 13.0 Å². The van der Waals surface area contributed by atoms with Gasteiger partial charge in [-0.1, -0.05) is 48.5 Å². The minimum absolute atomic E-state index is 0.189. The van der Waals surface area contributed by atoms with Crippen LogP contribution in [0, 0.1) is 17.6 Å². The number of nitrogens with zero attached hydrogens (tertiary/aromatic N) is 3. The van der Waals surface area contributed by atoms with E-state index in [2.05, 4.69) is 15.7 Å². The summed E-state index contributed by atoms with van der Waals surface area (Å²) in [7, 11) is 2.85. The van der Waals surface area contributed by atoms with E-state index >= 15 is 4.39 Å². The number of fused-ring (bicyclic) bond motifs is 1. The summed E-state index contributed by atoms with van der Waals surface area (Å²) in [6.07, 6.45) is 0.786. The molecule has 46 heavy (non-hydrogen) atoms. The molecule has 0 saturated carbocycles. The molecule has 1 saturated heterocycles. The molecule has 1 aromatic heterocycles. The van der Waals surface area contributed by atoms with Gasteiger partial charge in [-0.05, 0) is 53.4 Å². The van der Waals surface area contributed by atoms with Crippen LogP contribution in [-0.4, -0.2) is 67.0 Å². The summed E-state index contributed by atoms with van der Waals surface area (Å²) in [5, 5.41) is 12.8. The van der Waals surface area contributed by atoms with E-state index in [9.17, 15) is 18.8 Å². The first-order chi connectivity index (χ1) is 22.2. The van der Waals surface area contributed by atoms with Crippen LogP contribution in [0.1, 0.15) is 23.5 Å². The van der Waals surface area contributed by atoms with Gasteiger partial charge in [-0.25, -0.2) is 13.5 Å². The van der Waals surface area contributed by atoms with Gasteiger partial charge in [0.15, 0.2) is 0 Å². The van der Waals surface area contributed by atoms with Crippen LogP contribution in [0.2, 0.25) is 0 Å². The summed E-state index contributed by atoms with van der Waals surface area (Å²) in [5.74, 6) is -3.13. The van der Waals surface area contributed by atoms with Crippen molar-refractivity contribution in [3.8, 4) is 0 Å². The van der Waals surface area contributed by atoms with E-state index in [4.69, 9.17) is 10.5 Å². The van der Waals surface area contributed by atoms with Crippen LogP contribution in [-0.2, 0) is 27.8 Å². The number of nitrogens with one attached hydrogen (secondary N) is 2. The number of benzene rings is 3. The van der Waals surface area contributed by atoms with Gasteiger partial charge in [0.1, 0.15) is 23.5 Å². The number of carbonyl (C=O) groups is 2. The third-order valence-electron chi connectivity index (χ3n) is 8.50. The van der Waals surface area contributed by atoms with E-state index in [-0.39, 0.29) is 43.2 Å². The predicted molar refractivity (Wildman–Crippen MR) is 171 cm³/mol. The number of ether oxygens (including phenoxy) is 1. The summed E-state index contributed by atoms with van der Waals surface area (Å²) in [5.41, 5.74) is 6.77. The lowest BCUT2D eigenvalue weighted by Crippen LogP contribution is -2.50. The molecule has 4 atom stereocenters. The van der Waals surface area contributed by atoms with Gasteiger partial charge in [-0.2, -0.15) is 5.10 Å². The van der Waals surface area contributed by atoms with Crippen LogP contribution < -0.4 is 26.8 Å². The van der Waals surface area contributed by atoms with E-state index in [0.29, 0.717) is 18.7 Å². The topological polar surface area (TPSA) is 132 Å². The van der Waals surface area contributed by atoms with E-state index in [1.165, 1.54) is 37.0 Å². The van der Waals surface area contributed by atoms with Crippen LogP contribution in [0.5, 0.6) is 0 Å². The highest BCUT2D eigenvalue weighted by atomic mass is 19.1. The number of amides is 1. The van der Waals surface area contributed by atoms with Crippen molar-refractivity contribution in [1.29, 1.82) is 0 Å². The number of hydrogen-bond acceptors (Lipinski definition) is 8. The Kier molecular flexibility index (Phi) is 10.4. The fourth-order valence-electron chi connectivity index (χ4n) is 6.03. The number of methoxy groups -OCH3 is 1. The Morgan fingerprint density at radius 3 is 2.54 bits per heavy atom. The summed E-state index contributed by atoms with van der Waals surface area (Å²) in [4.78, 5) is 40.4. The summed E-state index contributed by atoms with van der Waals surface area (Å²) in [6.45, 7) is 0.912. The van der Waals surface area contributed by atoms with Crippen LogP contribution in [0.4, 0.5) is 14.6 Å². The molecule has 2 heterocycles. The van der Waals surface area contributed by atoms with E-state index in [1.807, 2.05) is 47.4 Å². The highest BCUT2D eigenvalue weighted by Crippen LogP contribution is 2.36. The number of aromatic nitrogens is 2. The number of halogens is 2. The fraction of sp³-hybridized carbons (Fsp3) is 0.353. The molecule has 10 nitrogen and oxygen atoms in total. The zero-order chi connectivity index (χ0) is 32.8. The molecule has 0 spiro atoms. The molecule has 4 N–H and O–H groups in total. The van der Waals surface area contributed by atoms with Crippen molar-refractivity contribution >= 4 is 28.5 Å². The highest BCUT2D eigenvalue weighted by molar-refractivity contribution is 5.84. The zero-order valence-corrected chi connectivity index (χ0v) is 25.8. The number of nitrogens with two attached hydrogens (primary N) is 1. The van der Waals surface area contributed by atoms with E-state index in [0.717, 1.165) is 22.4 Å². The second kappa shape index (κ2) is 14.6. The molecule has 0 aliphatic carbocycles. The van der Waals surface area contributed by atoms with Gasteiger partial charge in [-0.15, -0.1) is 0 Å². The Balaban J connectivity index is 1.33. The molecule has 0 bridgehead atoms. The molecule has 1 aliphatic heterocycles. The molecule has 4 aromatic rings. The van der Waals surface area contributed by atoms with Crippen LogP contribution in [0.15, 0.2) is 77.6 Å². The number of esters is 1. The molecule has 0 unspecified atom stereocenters.